The van der Waals surface area contributed by atoms with Crippen LogP contribution in [-0.2, 0) is 16.0 Å². The van der Waals surface area contributed by atoms with Gasteiger partial charge in [0.1, 0.15) is 18.1 Å². The lowest BCUT2D eigenvalue weighted by Gasteiger charge is -2.08. The number of nitrogens with one attached hydrogen (secondary N) is 2. The van der Waals surface area contributed by atoms with E-state index in [1.807, 2.05) is 31.2 Å². The fraction of sp³-hybridized carbons (Fsp3) is 0.400. The Morgan fingerprint density at radius 2 is 1.96 bits per heavy atom. The summed E-state index contributed by atoms with van der Waals surface area (Å²) in [5.41, 5.74) is 2.82. The van der Waals surface area contributed by atoms with Crippen LogP contribution in [0.25, 0.3) is 0 Å². The molecular weight excluding hydrogens is 348 g/mol. The minimum atomic E-state index is -0.471. The van der Waals surface area contributed by atoms with Crippen LogP contribution in [0.4, 0.5) is 0 Å². The Morgan fingerprint density at radius 3 is 2.67 bits per heavy atom. The van der Waals surface area contributed by atoms with Gasteiger partial charge in [0.25, 0.3) is 5.91 Å². The summed E-state index contributed by atoms with van der Waals surface area (Å²) in [6.45, 7) is 6.80. The predicted octanol–water partition coefficient (Wildman–Crippen LogP) is 2.76. The van der Waals surface area contributed by atoms with Crippen molar-refractivity contribution in [1.82, 2.24) is 10.3 Å². The molecule has 0 saturated heterocycles. The smallest absolute Gasteiger partial charge is 0.340 e. The van der Waals surface area contributed by atoms with Crippen LogP contribution in [-0.4, -0.2) is 43.8 Å². The predicted molar refractivity (Wildman–Crippen MR) is 101 cm³/mol. The molecule has 1 aromatic carbocycles. The van der Waals surface area contributed by atoms with E-state index in [0.717, 1.165) is 11.3 Å². The molecule has 0 fully saturated rings. The van der Waals surface area contributed by atoms with E-state index >= 15 is 0 Å². The first-order chi connectivity index (χ1) is 13.0. The number of carbonyl (C=O) groups is 2. The van der Waals surface area contributed by atoms with Crippen molar-refractivity contribution in [1.29, 1.82) is 0 Å². The molecule has 0 aliphatic carbocycles. The van der Waals surface area contributed by atoms with Crippen molar-refractivity contribution < 1.29 is 23.8 Å². The molecule has 146 valence electrons. The van der Waals surface area contributed by atoms with Crippen molar-refractivity contribution in [3.8, 4) is 5.75 Å². The third-order valence-corrected chi connectivity index (χ3v) is 4.05. The highest BCUT2D eigenvalue weighted by Gasteiger charge is 2.22. The van der Waals surface area contributed by atoms with Crippen molar-refractivity contribution in [2.75, 3.05) is 26.9 Å². The van der Waals surface area contributed by atoms with Gasteiger partial charge in [0.05, 0.1) is 18.8 Å². The summed E-state index contributed by atoms with van der Waals surface area (Å²) in [5, 5.41) is 2.86. The molecule has 2 N–H and O–H groups in total. The van der Waals surface area contributed by atoms with E-state index in [-0.39, 0.29) is 12.5 Å². The summed E-state index contributed by atoms with van der Waals surface area (Å²) in [7, 11) is 1.53. The number of benzene rings is 1. The lowest BCUT2D eigenvalue weighted by molar-refractivity contribution is 0.0387. The number of rotatable bonds is 9. The quantitative estimate of drug-likeness (QED) is 0.520. The summed E-state index contributed by atoms with van der Waals surface area (Å²) in [4.78, 5) is 27.8. The number of hydrogen-bond acceptors (Lipinski definition) is 5. The Bertz CT molecular complexity index is 798. The van der Waals surface area contributed by atoms with Crippen LogP contribution in [0.1, 0.15) is 44.6 Å². The number of aromatic amines is 1. The lowest BCUT2D eigenvalue weighted by Crippen LogP contribution is -2.24. The highest BCUT2D eigenvalue weighted by atomic mass is 16.6. The maximum absolute atomic E-state index is 12.6. The average Bonchev–Trinajstić information content (AvgIpc) is 2.95. The van der Waals surface area contributed by atoms with Crippen LogP contribution in [0.5, 0.6) is 5.75 Å². The molecule has 2 aromatic rings. The molecule has 0 spiro atoms. The molecule has 0 atom stereocenters. The second-order valence-corrected chi connectivity index (χ2v) is 6.02. The summed E-state index contributed by atoms with van der Waals surface area (Å²) < 4.78 is 15.5. The van der Waals surface area contributed by atoms with E-state index in [2.05, 4.69) is 10.3 Å². The number of aromatic nitrogens is 1. The Kier molecular flexibility index (Phi) is 7.43. The normalized spacial score (nSPS) is 10.5. The number of aryl methyl sites for hydroxylation is 1. The van der Waals surface area contributed by atoms with E-state index in [1.54, 1.807) is 13.8 Å². The summed E-state index contributed by atoms with van der Waals surface area (Å²) in [6, 6.07) is 7.54. The first-order valence-corrected chi connectivity index (χ1v) is 8.83. The zero-order chi connectivity index (χ0) is 19.8. The molecule has 1 aromatic heterocycles. The maximum Gasteiger partial charge on any atom is 0.340 e. The van der Waals surface area contributed by atoms with Gasteiger partial charge in [-0.1, -0.05) is 12.1 Å². The lowest BCUT2D eigenvalue weighted by atomic mass is 10.1. The van der Waals surface area contributed by atoms with Gasteiger partial charge in [0, 0.05) is 19.3 Å². The number of amides is 1. The number of ether oxygens (including phenoxy) is 3. The molecule has 0 radical (unpaired) electrons. The molecule has 0 unspecified atom stereocenters. The van der Waals surface area contributed by atoms with Gasteiger partial charge in [-0.3, -0.25) is 4.79 Å². The maximum atomic E-state index is 12.6. The van der Waals surface area contributed by atoms with E-state index in [4.69, 9.17) is 14.2 Å². The van der Waals surface area contributed by atoms with Gasteiger partial charge in [0.15, 0.2) is 0 Å². The minimum absolute atomic E-state index is 0.164. The fourth-order valence-corrected chi connectivity index (χ4v) is 2.76. The summed E-state index contributed by atoms with van der Waals surface area (Å²) in [6.07, 6.45) is 0. The standard InChI is InChI=1S/C20H26N2O5/c1-5-26-16-8-6-7-15(11-16)12-21-19(23)18-13(2)17(14(3)22-18)20(24)27-10-9-25-4/h6-8,11,22H,5,9-10,12H2,1-4H3,(H,21,23). The molecule has 0 saturated carbocycles. The molecular formula is C20H26N2O5. The van der Waals surface area contributed by atoms with Gasteiger partial charge in [-0.05, 0) is 44.0 Å². The van der Waals surface area contributed by atoms with Gasteiger partial charge in [-0.25, -0.2) is 4.79 Å². The summed E-state index contributed by atoms with van der Waals surface area (Å²) >= 11 is 0. The van der Waals surface area contributed by atoms with E-state index < -0.39 is 5.97 Å². The molecule has 2 rings (SSSR count). The topological polar surface area (TPSA) is 89.7 Å². The minimum Gasteiger partial charge on any atom is -0.494 e. The van der Waals surface area contributed by atoms with Crippen LogP contribution in [0.2, 0.25) is 0 Å². The molecule has 7 heteroatoms. The Morgan fingerprint density at radius 1 is 1.19 bits per heavy atom. The molecule has 0 aliphatic heterocycles. The third kappa shape index (κ3) is 5.34. The number of carbonyl (C=O) groups excluding carboxylic acids is 2. The van der Waals surface area contributed by atoms with Gasteiger partial charge in [-0.2, -0.15) is 0 Å². The van der Waals surface area contributed by atoms with Gasteiger partial charge in [-0.15, -0.1) is 0 Å². The van der Waals surface area contributed by atoms with Crippen LogP contribution in [0.3, 0.4) is 0 Å². The zero-order valence-corrected chi connectivity index (χ0v) is 16.2. The second-order valence-electron chi connectivity index (χ2n) is 6.02. The molecule has 0 bridgehead atoms. The SMILES string of the molecule is CCOc1cccc(CNC(=O)c2[nH]c(C)c(C(=O)OCCOC)c2C)c1. The largest absolute Gasteiger partial charge is 0.494 e. The van der Waals surface area contributed by atoms with Crippen LogP contribution in [0.15, 0.2) is 24.3 Å². The monoisotopic (exact) mass is 374 g/mol. The number of hydrogen-bond donors (Lipinski definition) is 2. The van der Waals surface area contributed by atoms with Gasteiger partial charge < -0.3 is 24.5 Å². The highest BCUT2D eigenvalue weighted by Crippen LogP contribution is 2.19. The zero-order valence-electron chi connectivity index (χ0n) is 16.2. The molecule has 27 heavy (non-hydrogen) atoms. The van der Waals surface area contributed by atoms with Crippen LogP contribution >= 0.6 is 0 Å². The van der Waals surface area contributed by atoms with Gasteiger partial charge >= 0.3 is 5.97 Å². The van der Waals surface area contributed by atoms with Gasteiger partial charge in [0.2, 0.25) is 0 Å². The number of methoxy groups -OCH3 is 1. The second kappa shape index (κ2) is 9.78. The van der Waals surface area contributed by atoms with Crippen molar-refractivity contribution in [3.63, 3.8) is 0 Å². The average molecular weight is 374 g/mol. The van der Waals surface area contributed by atoms with Crippen LogP contribution in [0, 0.1) is 13.8 Å². The van der Waals surface area contributed by atoms with E-state index in [1.165, 1.54) is 7.11 Å². The first kappa shape index (κ1) is 20.5. The fourth-order valence-electron chi connectivity index (χ4n) is 2.76. The Hall–Kier alpha value is -2.80. The van der Waals surface area contributed by atoms with Crippen molar-refractivity contribution in [3.05, 3.63) is 52.3 Å². The number of esters is 1. The van der Waals surface area contributed by atoms with E-state index in [9.17, 15) is 9.59 Å². The Labute approximate surface area is 159 Å². The first-order valence-electron chi connectivity index (χ1n) is 8.83. The molecule has 1 heterocycles. The molecule has 0 aliphatic rings. The van der Waals surface area contributed by atoms with E-state index in [0.29, 0.717) is 42.3 Å². The molecule has 7 nitrogen and oxygen atoms in total. The van der Waals surface area contributed by atoms with Crippen molar-refractivity contribution >= 4 is 11.9 Å². The third-order valence-electron chi connectivity index (χ3n) is 4.05. The van der Waals surface area contributed by atoms with Crippen LogP contribution < -0.4 is 10.1 Å². The molecule has 1 amide bonds. The summed E-state index contributed by atoms with van der Waals surface area (Å²) in [5.74, 6) is 0.00681. The van der Waals surface area contributed by atoms with Crippen molar-refractivity contribution in [2.24, 2.45) is 0 Å². The number of H-pyrrole nitrogens is 1. The highest BCUT2D eigenvalue weighted by molar-refractivity contribution is 6.00. The Balaban J connectivity index is 2.05. The van der Waals surface area contributed by atoms with Crippen molar-refractivity contribution in [2.45, 2.75) is 27.3 Å².